The number of aliphatic hydroxyl groups is 1. The third kappa shape index (κ3) is 6.82. The molecule has 1 unspecified atom stereocenters. The summed E-state index contributed by atoms with van der Waals surface area (Å²) in [7, 11) is 1.53. The van der Waals surface area contributed by atoms with Gasteiger partial charge in [-0.1, -0.05) is 13.8 Å². The fraction of sp³-hybridized carbons (Fsp3) is 0.889. The van der Waals surface area contributed by atoms with Crippen molar-refractivity contribution in [1.29, 1.82) is 0 Å². The molecule has 0 aliphatic carbocycles. The molecule has 0 aromatic heterocycles. The van der Waals surface area contributed by atoms with Gasteiger partial charge in [0.05, 0.1) is 25.8 Å². The Hall–Kier alpha value is -0.650. The van der Waals surface area contributed by atoms with E-state index in [4.69, 9.17) is 9.84 Å². The zero-order valence-electron chi connectivity index (χ0n) is 9.04. The second-order valence-corrected chi connectivity index (χ2v) is 3.44. The molecule has 5 heteroatoms. The quantitative estimate of drug-likeness (QED) is 0.503. The van der Waals surface area contributed by atoms with Gasteiger partial charge in [-0.3, -0.25) is 4.79 Å². The number of hydrogen-bond acceptors (Lipinski definition) is 4. The van der Waals surface area contributed by atoms with E-state index in [0.29, 0.717) is 6.61 Å². The number of methoxy groups -OCH3 is 1. The molecule has 0 aliphatic heterocycles. The van der Waals surface area contributed by atoms with Gasteiger partial charge >= 0.3 is 0 Å². The molecule has 0 fully saturated rings. The Labute approximate surface area is 84.8 Å². The lowest BCUT2D eigenvalue weighted by molar-refractivity contribution is -0.121. The summed E-state index contributed by atoms with van der Waals surface area (Å²) < 4.78 is 4.83. The largest absolute Gasteiger partial charge is 0.394 e. The molecule has 0 saturated carbocycles. The number of aliphatic hydroxyl groups excluding tert-OH is 1. The summed E-state index contributed by atoms with van der Waals surface area (Å²) in [5.74, 6) is -0.130. The first-order chi connectivity index (χ1) is 6.60. The second-order valence-electron chi connectivity index (χ2n) is 3.44. The number of carbonyl (C=O) groups is 1. The number of carbonyl (C=O) groups excluding carboxylic acids is 1. The lowest BCUT2D eigenvalue weighted by atomic mass is 10.3. The van der Waals surface area contributed by atoms with E-state index in [2.05, 4.69) is 10.6 Å². The van der Waals surface area contributed by atoms with Gasteiger partial charge in [0.1, 0.15) is 0 Å². The Kier molecular flexibility index (Phi) is 7.37. The minimum Gasteiger partial charge on any atom is -0.394 e. The van der Waals surface area contributed by atoms with Crippen molar-refractivity contribution >= 4 is 5.91 Å². The van der Waals surface area contributed by atoms with Crippen LogP contribution in [0.4, 0.5) is 0 Å². The summed E-state index contributed by atoms with van der Waals surface area (Å²) in [5, 5.41) is 14.5. The minimum atomic E-state index is -0.318. The van der Waals surface area contributed by atoms with E-state index < -0.39 is 0 Å². The van der Waals surface area contributed by atoms with E-state index >= 15 is 0 Å². The Balaban J connectivity index is 3.67. The average Bonchev–Trinajstić information content (AvgIpc) is 2.14. The van der Waals surface area contributed by atoms with Gasteiger partial charge in [-0.15, -0.1) is 0 Å². The van der Waals surface area contributed by atoms with Crippen molar-refractivity contribution in [3.8, 4) is 0 Å². The van der Waals surface area contributed by atoms with Gasteiger partial charge in [0.2, 0.25) is 5.91 Å². The monoisotopic (exact) mass is 204 g/mol. The van der Waals surface area contributed by atoms with Crippen LogP contribution in [0.2, 0.25) is 0 Å². The summed E-state index contributed by atoms with van der Waals surface area (Å²) in [4.78, 5) is 11.3. The third-order valence-corrected chi connectivity index (χ3v) is 1.62. The van der Waals surface area contributed by atoms with Crippen LogP contribution in [-0.4, -0.2) is 50.0 Å². The first kappa shape index (κ1) is 13.4. The highest BCUT2D eigenvalue weighted by molar-refractivity contribution is 5.78. The van der Waals surface area contributed by atoms with Crippen molar-refractivity contribution in [2.45, 2.75) is 25.9 Å². The Morgan fingerprint density at radius 2 is 2.14 bits per heavy atom. The number of amides is 1. The van der Waals surface area contributed by atoms with Crippen molar-refractivity contribution < 1.29 is 14.6 Å². The molecule has 0 aromatic carbocycles. The van der Waals surface area contributed by atoms with E-state index in [-0.39, 0.29) is 31.1 Å². The van der Waals surface area contributed by atoms with Gasteiger partial charge in [-0.05, 0) is 0 Å². The molecule has 0 aromatic rings. The second kappa shape index (κ2) is 7.73. The molecule has 3 N–H and O–H groups in total. The summed E-state index contributed by atoms with van der Waals surface area (Å²) in [6.45, 7) is 4.40. The Bertz CT molecular complexity index is 162. The van der Waals surface area contributed by atoms with Crippen LogP contribution >= 0.6 is 0 Å². The third-order valence-electron chi connectivity index (χ3n) is 1.62. The normalized spacial score (nSPS) is 12.9. The van der Waals surface area contributed by atoms with Crippen LogP contribution in [0.1, 0.15) is 13.8 Å². The number of nitrogens with one attached hydrogen (secondary N) is 2. The Morgan fingerprint density at radius 3 is 2.57 bits per heavy atom. The van der Waals surface area contributed by atoms with Gasteiger partial charge in [-0.25, -0.2) is 0 Å². The van der Waals surface area contributed by atoms with E-state index in [1.807, 2.05) is 13.8 Å². The molecule has 1 amide bonds. The van der Waals surface area contributed by atoms with Crippen LogP contribution in [0.15, 0.2) is 0 Å². The molecule has 5 nitrogen and oxygen atoms in total. The van der Waals surface area contributed by atoms with Crippen molar-refractivity contribution in [1.82, 2.24) is 10.6 Å². The molecule has 0 spiro atoms. The molecule has 84 valence electrons. The maximum atomic E-state index is 11.3. The predicted octanol–water partition coefficient (Wildman–Crippen LogP) is -0.892. The first-order valence-corrected chi connectivity index (χ1v) is 4.72. The van der Waals surface area contributed by atoms with E-state index in [1.165, 1.54) is 7.11 Å². The standard InChI is InChI=1S/C9H20N2O3/c1-7(2)10-4-9(13)11-8(5-12)6-14-3/h7-8,10,12H,4-6H2,1-3H3,(H,11,13). The van der Waals surface area contributed by atoms with Crippen molar-refractivity contribution in [3.63, 3.8) is 0 Å². The average molecular weight is 204 g/mol. The van der Waals surface area contributed by atoms with Gasteiger partial charge in [0.15, 0.2) is 0 Å². The van der Waals surface area contributed by atoms with Gasteiger partial charge in [0.25, 0.3) is 0 Å². The number of hydrogen-bond donors (Lipinski definition) is 3. The van der Waals surface area contributed by atoms with Gasteiger partial charge in [-0.2, -0.15) is 0 Å². The van der Waals surface area contributed by atoms with E-state index in [0.717, 1.165) is 0 Å². The van der Waals surface area contributed by atoms with Crippen LogP contribution in [0, 0.1) is 0 Å². The number of ether oxygens (including phenoxy) is 1. The van der Waals surface area contributed by atoms with Gasteiger partial charge in [0, 0.05) is 13.2 Å². The maximum Gasteiger partial charge on any atom is 0.234 e. The molecule has 0 bridgehead atoms. The SMILES string of the molecule is COCC(CO)NC(=O)CNC(C)C. The molecule has 0 radical (unpaired) electrons. The van der Waals surface area contributed by atoms with Crippen molar-refractivity contribution in [3.05, 3.63) is 0 Å². The van der Waals surface area contributed by atoms with E-state index in [9.17, 15) is 4.79 Å². The Morgan fingerprint density at radius 1 is 1.50 bits per heavy atom. The fourth-order valence-corrected chi connectivity index (χ4v) is 0.917. The zero-order valence-corrected chi connectivity index (χ0v) is 9.04. The van der Waals surface area contributed by atoms with Crippen molar-refractivity contribution in [2.24, 2.45) is 0 Å². The summed E-state index contributed by atoms with van der Waals surface area (Å²) in [5.41, 5.74) is 0. The van der Waals surface area contributed by atoms with Crippen molar-refractivity contribution in [2.75, 3.05) is 26.9 Å². The lowest BCUT2D eigenvalue weighted by Crippen LogP contribution is -2.45. The highest BCUT2D eigenvalue weighted by Crippen LogP contribution is 1.83. The minimum absolute atomic E-state index is 0.110. The zero-order chi connectivity index (χ0) is 11.0. The lowest BCUT2D eigenvalue weighted by Gasteiger charge is -2.16. The van der Waals surface area contributed by atoms with Crippen LogP contribution in [0.5, 0.6) is 0 Å². The van der Waals surface area contributed by atoms with Crippen LogP contribution in [-0.2, 0) is 9.53 Å². The fourth-order valence-electron chi connectivity index (χ4n) is 0.917. The highest BCUT2D eigenvalue weighted by atomic mass is 16.5. The highest BCUT2D eigenvalue weighted by Gasteiger charge is 2.10. The van der Waals surface area contributed by atoms with Gasteiger partial charge < -0.3 is 20.5 Å². The molecular formula is C9H20N2O3. The molecule has 14 heavy (non-hydrogen) atoms. The number of rotatable bonds is 7. The smallest absolute Gasteiger partial charge is 0.234 e. The molecule has 0 rings (SSSR count). The van der Waals surface area contributed by atoms with Crippen LogP contribution in [0.3, 0.4) is 0 Å². The van der Waals surface area contributed by atoms with Crippen LogP contribution < -0.4 is 10.6 Å². The molecule has 0 heterocycles. The van der Waals surface area contributed by atoms with Crippen LogP contribution in [0.25, 0.3) is 0 Å². The summed E-state index contributed by atoms with van der Waals surface area (Å²) in [6.07, 6.45) is 0. The summed E-state index contributed by atoms with van der Waals surface area (Å²) >= 11 is 0. The van der Waals surface area contributed by atoms with E-state index in [1.54, 1.807) is 0 Å². The topological polar surface area (TPSA) is 70.6 Å². The molecular weight excluding hydrogens is 184 g/mol. The first-order valence-electron chi connectivity index (χ1n) is 4.72. The predicted molar refractivity (Wildman–Crippen MR) is 54.0 cm³/mol. The molecule has 1 atom stereocenters. The summed E-state index contributed by atoms with van der Waals surface area (Å²) in [6, 6.07) is -0.0442. The molecule has 0 aliphatic rings. The maximum absolute atomic E-state index is 11.3. The molecule has 0 saturated heterocycles.